The van der Waals surface area contributed by atoms with Crippen molar-refractivity contribution >= 4 is 28.7 Å². The quantitative estimate of drug-likeness (QED) is 0.516. The van der Waals surface area contributed by atoms with Gasteiger partial charge in [-0.15, -0.1) is 0 Å². The Bertz CT molecular complexity index is 277. The summed E-state index contributed by atoms with van der Waals surface area (Å²) in [4.78, 5) is 31.0. The normalized spacial score (nSPS) is 11.7. The highest BCUT2D eigenvalue weighted by Crippen LogP contribution is 1.88. The molecule has 0 bridgehead atoms. The fraction of sp³-hybridized carbons (Fsp3) is 0.500. The van der Waals surface area contributed by atoms with E-state index in [0.29, 0.717) is 0 Å². The van der Waals surface area contributed by atoms with Crippen LogP contribution in [0, 0.1) is 0 Å². The highest BCUT2D eigenvalue weighted by molar-refractivity contribution is 7.85. The van der Waals surface area contributed by atoms with E-state index < -0.39 is 34.5 Å². The van der Waals surface area contributed by atoms with E-state index in [-0.39, 0.29) is 12.2 Å². The van der Waals surface area contributed by atoms with Crippen LogP contribution in [0.15, 0.2) is 0 Å². The van der Waals surface area contributed by atoms with Crippen LogP contribution >= 0.6 is 0 Å². The molecular weight excluding hydrogens is 212 g/mol. The van der Waals surface area contributed by atoms with Gasteiger partial charge in [-0.25, -0.2) is 4.79 Å². The maximum atomic E-state index is 11.0. The first kappa shape index (κ1) is 12.6. The first-order chi connectivity index (χ1) is 6.41. The highest BCUT2D eigenvalue weighted by Gasteiger charge is 2.10. The Hall–Kier alpha value is -1.44. The molecule has 7 nitrogen and oxygen atoms in total. The zero-order valence-corrected chi connectivity index (χ0v) is 8.00. The minimum Gasteiger partial charge on any atom is -0.481 e. The van der Waals surface area contributed by atoms with Crippen LogP contribution in [0.1, 0.15) is 6.42 Å². The fourth-order valence-electron chi connectivity index (χ4n) is 0.593. The Morgan fingerprint density at radius 2 is 1.93 bits per heavy atom. The van der Waals surface area contributed by atoms with Gasteiger partial charge in [0.05, 0.1) is 6.42 Å². The monoisotopic (exact) mass is 222 g/mol. The second-order valence-electron chi connectivity index (χ2n) is 2.34. The van der Waals surface area contributed by atoms with Crippen molar-refractivity contribution in [3.8, 4) is 0 Å². The number of carbonyl (C=O) groups excluding carboxylic acids is 2. The van der Waals surface area contributed by atoms with Crippen molar-refractivity contribution < 1.29 is 23.7 Å². The number of carboxylic acid groups (broad SMARTS) is 1. The maximum absolute atomic E-state index is 11.0. The molecule has 0 aromatic rings. The van der Waals surface area contributed by atoms with E-state index in [9.17, 15) is 18.6 Å². The summed E-state index contributed by atoms with van der Waals surface area (Å²) in [5.41, 5.74) is 4.63. The molecule has 0 saturated heterocycles. The smallest absolute Gasteiger partial charge is 0.318 e. The van der Waals surface area contributed by atoms with Crippen molar-refractivity contribution in [2.75, 3.05) is 11.5 Å². The molecule has 0 aromatic heterocycles. The number of imide groups is 1. The van der Waals surface area contributed by atoms with Crippen molar-refractivity contribution in [3.05, 3.63) is 0 Å². The van der Waals surface area contributed by atoms with Crippen LogP contribution in [0.2, 0.25) is 0 Å². The Morgan fingerprint density at radius 1 is 1.36 bits per heavy atom. The lowest BCUT2D eigenvalue weighted by Gasteiger charge is -1.99. The predicted molar refractivity (Wildman–Crippen MR) is 47.9 cm³/mol. The average molecular weight is 222 g/mol. The molecule has 3 amide bonds. The maximum Gasteiger partial charge on any atom is 0.318 e. The van der Waals surface area contributed by atoms with Gasteiger partial charge in [-0.1, -0.05) is 0 Å². The van der Waals surface area contributed by atoms with Crippen LogP contribution in [0.4, 0.5) is 4.79 Å². The van der Waals surface area contributed by atoms with Gasteiger partial charge < -0.3 is 10.8 Å². The van der Waals surface area contributed by atoms with E-state index in [1.807, 2.05) is 0 Å². The van der Waals surface area contributed by atoms with Gasteiger partial charge in [-0.05, 0) is 0 Å². The van der Waals surface area contributed by atoms with E-state index in [0.717, 1.165) is 0 Å². The van der Waals surface area contributed by atoms with Gasteiger partial charge in [0.2, 0.25) is 5.91 Å². The molecule has 0 rings (SSSR count). The molecule has 0 aromatic carbocycles. The van der Waals surface area contributed by atoms with Crippen molar-refractivity contribution in [3.63, 3.8) is 0 Å². The lowest BCUT2D eigenvalue weighted by Crippen LogP contribution is -2.38. The third-order valence-electron chi connectivity index (χ3n) is 1.10. The first-order valence-electron chi connectivity index (χ1n) is 3.58. The molecule has 0 spiro atoms. The molecule has 0 saturated carbocycles. The molecule has 4 N–H and O–H groups in total. The standard InChI is InChI=1S/C6H10N2O5S/c7-6(12)8-4(9)3-14(13)2-1-5(10)11/h1-3H2,(H,10,11)(H3,7,8,9,12). The summed E-state index contributed by atoms with van der Waals surface area (Å²) in [6, 6.07) is -1.02. The highest BCUT2D eigenvalue weighted by atomic mass is 32.2. The topological polar surface area (TPSA) is 127 Å². The average Bonchev–Trinajstić information content (AvgIpc) is 1.98. The van der Waals surface area contributed by atoms with Crippen LogP contribution in [0.25, 0.3) is 0 Å². The largest absolute Gasteiger partial charge is 0.481 e. The number of urea groups is 1. The fourth-order valence-corrected chi connectivity index (χ4v) is 1.50. The summed E-state index contributed by atoms with van der Waals surface area (Å²) in [6.07, 6.45) is -0.281. The molecule has 80 valence electrons. The summed E-state index contributed by atoms with van der Waals surface area (Å²) in [6.45, 7) is 0. The minimum atomic E-state index is -1.59. The molecular formula is C6H10N2O5S. The molecule has 14 heavy (non-hydrogen) atoms. The van der Waals surface area contributed by atoms with Crippen molar-refractivity contribution in [1.29, 1.82) is 0 Å². The first-order valence-corrected chi connectivity index (χ1v) is 5.06. The Balaban J connectivity index is 3.77. The molecule has 1 atom stereocenters. The molecule has 1 unspecified atom stereocenters. The lowest BCUT2D eigenvalue weighted by atomic mass is 10.5. The van der Waals surface area contributed by atoms with Crippen molar-refractivity contribution in [1.82, 2.24) is 5.32 Å². The number of carbonyl (C=O) groups is 3. The van der Waals surface area contributed by atoms with Crippen LogP contribution in [-0.2, 0) is 20.4 Å². The van der Waals surface area contributed by atoms with E-state index in [1.165, 1.54) is 0 Å². The van der Waals surface area contributed by atoms with E-state index in [1.54, 1.807) is 5.32 Å². The van der Waals surface area contributed by atoms with Gasteiger partial charge in [0.1, 0.15) is 5.75 Å². The summed E-state index contributed by atoms with van der Waals surface area (Å²) in [5.74, 6) is -2.41. The second kappa shape index (κ2) is 6.08. The number of aliphatic carboxylic acids is 1. The van der Waals surface area contributed by atoms with Gasteiger partial charge in [0.15, 0.2) is 0 Å². The van der Waals surface area contributed by atoms with Gasteiger partial charge in [0.25, 0.3) is 0 Å². The van der Waals surface area contributed by atoms with Crippen molar-refractivity contribution in [2.24, 2.45) is 5.73 Å². The SMILES string of the molecule is NC(=O)NC(=O)CS(=O)CCC(=O)O. The van der Waals surface area contributed by atoms with E-state index >= 15 is 0 Å². The summed E-state index contributed by atoms with van der Waals surface area (Å²) >= 11 is 0. The second-order valence-corrected chi connectivity index (χ2v) is 3.92. The van der Waals surface area contributed by atoms with Gasteiger partial charge in [0, 0.05) is 16.6 Å². The Labute approximate surface area is 82.1 Å². The van der Waals surface area contributed by atoms with Gasteiger partial charge in [-0.3, -0.25) is 19.1 Å². The van der Waals surface area contributed by atoms with Gasteiger partial charge >= 0.3 is 12.0 Å². The van der Waals surface area contributed by atoms with Crippen LogP contribution in [-0.4, -0.2) is 38.7 Å². The number of amides is 3. The zero-order valence-electron chi connectivity index (χ0n) is 7.19. The van der Waals surface area contributed by atoms with Crippen LogP contribution in [0.5, 0.6) is 0 Å². The van der Waals surface area contributed by atoms with Crippen molar-refractivity contribution in [2.45, 2.75) is 6.42 Å². The molecule has 0 aliphatic heterocycles. The zero-order chi connectivity index (χ0) is 11.1. The number of carboxylic acids is 1. The van der Waals surface area contributed by atoms with Gasteiger partial charge in [-0.2, -0.15) is 0 Å². The number of hydrogen-bond acceptors (Lipinski definition) is 4. The van der Waals surface area contributed by atoms with Crippen LogP contribution < -0.4 is 11.1 Å². The summed E-state index contributed by atoms with van der Waals surface area (Å²) in [7, 11) is -1.59. The number of nitrogens with two attached hydrogens (primary N) is 1. The molecule has 0 heterocycles. The molecule has 0 radical (unpaired) electrons. The lowest BCUT2D eigenvalue weighted by molar-refractivity contribution is -0.136. The number of rotatable bonds is 5. The Kier molecular flexibility index (Phi) is 5.46. The number of hydrogen-bond donors (Lipinski definition) is 3. The van der Waals surface area contributed by atoms with E-state index in [2.05, 4.69) is 5.73 Å². The minimum absolute atomic E-state index is 0.123. The summed E-state index contributed by atoms with van der Waals surface area (Å²) < 4.78 is 11.0. The number of primary amides is 1. The Morgan fingerprint density at radius 3 is 2.36 bits per heavy atom. The number of nitrogens with one attached hydrogen (secondary N) is 1. The predicted octanol–water partition coefficient (Wildman–Crippen LogP) is -1.60. The summed E-state index contributed by atoms with van der Waals surface area (Å²) in [5, 5.41) is 9.95. The molecule has 0 aliphatic carbocycles. The molecule has 0 aliphatic rings. The third kappa shape index (κ3) is 7.22. The van der Waals surface area contributed by atoms with Crippen LogP contribution in [0.3, 0.4) is 0 Å². The third-order valence-corrected chi connectivity index (χ3v) is 2.34. The molecule has 0 fully saturated rings. The van der Waals surface area contributed by atoms with E-state index in [4.69, 9.17) is 5.11 Å². The molecule has 8 heteroatoms.